The highest BCUT2D eigenvalue weighted by atomic mass is 16.5. The van der Waals surface area contributed by atoms with Crippen molar-refractivity contribution < 1.29 is 28.9 Å². The Hall–Kier alpha value is -4.53. The van der Waals surface area contributed by atoms with Crippen molar-refractivity contribution in [1.82, 2.24) is 5.43 Å². The Bertz CT molecular complexity index is 1150. The number of benzene rings is 3. The second kappa shape index (κ2) is 11.2. The Morgan fingerprint density at radius 2 is 1.76 bits per heavy atom. The highest BCUT2D eigenvalue weighted by Crippen LogP contribution is 2.28. The van der Waals surface area contributed by atoms with Gasteiger partial charge in [0.1, 0.15) is 12.4 Å². The number of nitrogens with one attached hydrogen (secondary N) is 2. The Morgan fingerprint density at radius 3 is 2.45 bits per heavy atom. The number of aromatic carboxylic acids is 1. The average molecular weight is 449 g/mol. The van der Waals surface area contributed by atoms with Gasteiger partial charge in [-0.25, -0.2) is 15.0 Å². The third kappa shape index (κ3) is 6.73. The Morgan fingerprint density at radius 1 is 0.970 bits per heavy atom. The van der Waals surface area contributed by atoms with Crippen LogP contribution in [0.5, 0.6) is 17.2 Å². The van der Waals surface area contributed by atoms with Crippen LogP contribution in [-0.2, 0) is 6.61 Å². The molecule has 0 aromatic heterocycles. The number of anilines is 1. The number of nitrogens with zero attached hydrogens (tertiary/aromatic N) is 1. The molecule has 0 saturated heterocycles. The van der Waals surface area contributed by atoms with Gasteiger partial charge in [-0.15, -0.1) is 0 Å². The minimum Gasteiger partial charge on any atom is -0.497 e. The fraction of sp³-hybridized carbons (Fsp3) is 0.125. The lowest BCUT2D eigenvalue weighted by Crippen LogP contribution is -2.24. The van der Waals surface area contributed by atoms with Gasteiger partial charge in [-0.2, -0.15) is 5.10 Å². The van der Waals surface area contributed by atoms with Gasteiger partial charge in [0.2, 0.25) is 0 Å². The molecule has 9 heteroatoms. The molecule has 3 rings (SSSR count). The molecule has 9 nitrogen and oxygen atoms in total. The summed E-state index contributed by atoms with van der Waals surface area (Å²) in [6, 6.07) is 18.1. The number of hydrogen-bond acceptors (Lipinski definition) is 6. The number of carbonyl (C=O) groups excluding carboxylic acids is 1. The lowest BCUT2D eigenvalue weighted by molar-refractivity contribution is 0.0696. The molecular weight excluding hydrogens is 426 g/mol. The molecule has 0 atom stereocenters. The van der Waals surface area contributed by atoms with Crippen molar-refractivity contribution in [3.8, 4) is 17.2 Å². The average Bonchev–Trinajstić information content (AvgIpc) is 2.83. The Balaban J connectivity index is 1.57. The van der Waals surface area contributed by atoms with Crippen LogP contribution in [0.1, 0.15) is 21.5 Å². The summed E-state index contributed by atoms with van der Waals surface area (Å²) in [5.41, 5.74) is 4.57. The number of methoxy groups -OCH3 is 2. The largest absolute Gasteiger partial charge is 0.497 e. The van der Waals surface area contributed by atoms with Crippen LogP contribution in [0.15, 0.2) is 71.8 Å². The number of amides is 2. The second-order valence-electron chi connectivity index (χ2n) is 6.76. The van der Waals surface area contributed by atoms with E-state index in [-0.39, 0.29) is 12.2 Å². The van der Waals surface area contributed by atoms with Crippen LogP contribution in [0.3, 0.4) is 0 Å². The number of ether oxygens (including phenoxy) is 3. The van der Waals surface area contributed by atoms with E-state index in [0.29, 0.717) is 28.5 Å². The maximum absolute atomic E-state index is 12.0. The zero-order valence-electron chi connectivity index (χ0n) is 18.1. The number of hydrogen-bond donors (Lipinski definition) is 3. The molecule has 3 aromatic carbocycles. The molecule has 0 aliphatic heterocycles. The van der Waals surface area contributed by atoms with E-state index in [1.807, 2.05) is 0 Å². The van der Waals surface area contributed by atoms with Crippen LogP contribution < -0.4 is 25.0 Å². The molecule has 0 bridgehead atoms. The van der Waals surface area contributed by atoms with E-state index in [4.69, 9.17) is 19.3 Å². The van der Waals surface area contributed by atoms with Crippen LogP contribution in [0.4, 0.5) is 10.5 Å². The van der Waals surface area contributed by atoms with E-state index in [2.05, 4.69) is 15.8 Å². The summed E-state index contributed by atoms with van der Waals surface area (Å²) < 4.78 is 16.2. The van der Waals surface area contributed by atoms with E-state index in [9.17, 15) is 9.59 Å². The monoisotopic (exact) mass is 449 g/mol. The number of carboxylic acid groups (broad SMARTS) is 1. The van der Waals surface area contributed by atoms with Crippen molar-refractivity contribution in [2.75, 3.05) is 19.5 Å². The SMILES string of the molecule is COc1ccc(NC(=O)N/N=C/c2ccc(OCc3cccc(C(=O)O)c3)c(OC)c2)cc1. The molecule has 0 radical (unpaired) electrons. The van der Waals surface area contributed by atoms with Crippen molar-refractivity contribution in [3.63, 3.8) is 0 Å². The van der Waals surface area contributed by atoms with E-state index in [1.165, 1.54) is 19.4 Å². The van der Waals surface area contributed by atoms with Gasteiger partial charge in [-0.3, -0.25) is 0 Å². The molecule has 0 fully saturated rings. The van der Waals surface area contributed by atoms with E-state index >= 15 is 0 Å². The first kappa shape index (κ1) is 23.1. The topological polar surface area (TPSA) is 118 Å². The molecule has 2 amide bonds. The summed E-state index contributed by atoms with van der Waals surface area (Å²) in [4.78, 5) is 23.1. The van der Waals surface area contributed by atoms with E-state index < -0.39 is 12.0 Å². The smallest absolute Gasteiger partial charge is 0.339 e. The minimum absolute atomic E-state index is 0.179. The van der Waals surface area contributed by atoms with Crippen LogP contribution >= 0.6 is 0 Å². The minimum atomic E-state index is -0.996. The van der Waals surface area contributed by atoms with Crippen molar-refractivity contribution in [3.05, 3.63) is 83.4 Å². The molecule has 0 saturated carbocycles. The number of hydrazone groups is 1. The fourth-order valence-corrected chi connectivity index (χ4v) is 2.84. The first-order valence-electron chi connectivity index (χ1n) is 9.85. The van der Waals surface area contributed by atoms with Gasteiger partial charge in [0.25, 0.3) is 0 Å². The van der Waals surface area contributed by atoms with Crippen molar-refractivity contribution in [1.29, 1.82) is 0 Å². The predicted molar refractivity (Wildman–Crippen MR) is 123 cm³/mol. The van der Waals surface area contributed by atoms with Gasteiger partial charge < -0.3 is 24.6 Å². The molecule has 0 unspecified atom stereocenters. The first-order valence-corrected chi connectivity index (χ1v) is 9.85. The molecular formula is C24H23N3O6. The zero-order valence-corrected chi connectivity index (χ0v) is 18.1. The molecule has 0 spiro atoms. The Kier molecular flexibility index (Phi) is 7.85. The van der Waals surface area contributed by atoms with Crippen LogP contribution in [-0.4, -0.2) is 37.5 Å². The standard InChI is InChI=1S/C24H23N3O6/c1-31-20-9-7-19(8-10-20)26-24(30)27-25-14-16-6-11-21(22(13-16)32-2)33-15-17-4-3-5-18(12-17)23(28)29/h3-14H,15H2,1-2H3,(H,28,29)(H2,26,27,30)/b25-14+. The number of rotatable bonds is 9. The normalized spacial score (nSPS) is 10.5. The first-order chi connectivity index (χ1) is 16.0. The zero-order chi connectivity index (χ0) is 23.6. The maximum Gasteiger partial charge on any atom is 0.339 e. The molecule has 3 N–H and O–H groups in total. The molecule has 3 aromatic rings. The van der Waals surface area contributed by atoms with Gasteiger partial charge in [-0.05, 0) is 65.7 Å². The van der Waals surface area contributed by atoms with Gasteiger partial charge in [0.15, 0.2) is 11.5 Å². The quantitative estimate of drug-likeness (QED) is 0.334. The molecule has 33 heavy (non-hydrogen) atoms. The number of urea groups is 1. The molecule has 0 aliphatic rings. The Labute approximate surface area is 190 Å². The molecule has 0 heterocycles. The van der Waals surface area contributed by atoms with E-state index in [1.54, 1.807) is 67.8 Å². The van der Waals surface area contributed by atoms with Crippen LogP contribution in [0, 0.1) is 0 Å². The van der Waals surface area contributed by atoms with E-state index in [0.717, 1.165) is 5.56 Å². The summed E-state index contributed by atoms with van der Waals surface area (Å²) in [7, 11) is 3.08. The van der Waals surface area contributed by atoms with Crippen LogP contribution in [0.25, 0.3) is 0 Å². The lowest BCUT2D eigenvalue weighted by atomic mass is 10.1. The summed E-state index contributed by atoms with van der Waals surface area (Å²) in [5.74, 6) is 0.648. The van der Waals surface area contributed by atoms with Crippen molar-refractivity contribution in [2.24, 2.45) is 5.10 Å². The fourth-order valence-electron chi connectivity index (χ4n) is 2.84. The number of carbonyl (C=O) groups is 2. The molecule has 0 aliphatic carbocycles. The third-order valence-electron chi connectivity index (χ3n) is 4.48. The summed E-state index contributed by atoms with van der Waals surface area (Å²) in [5, 5.41) is 15.7. The third-order valence-corrected chi connectivity index (χ3v) is 4.48. The highest BCUT2D eigenvalue weighted by molar-refractivity contribution is 5.90. The lowest BCUT2D eigenvalue weighted by Gasteiger charge is -2.11. The summed E-state index contributed by atoms with van der Waals surface area (Å²) in [6.45, 7) is 0.179. The highest BCUT2D eigenvalue weighted by Gasteiger charge is 2.08. The van der Waals surface area contributed by atoms with Gasteiger partial charge >= 0.3 is 12.0 Å². The number of carboxylic acids is 1. The summed E-state index contributed by atoms with van der Waals surface area (Å²) >= 11 is 0. The predicted octanol–water partition coefficient (Wildman–Crippen LogP) is 4.14. The van der Waals surface area contributed by atoms with Gasteiger partial charge in [-0.1, -0.05) is 12.1 Å². The van der Waals surface area contributed by atoms with Crippen LogP contribution in [0.2, 0.25) is 0 Å². The maximum atomic E-state index is 12.0. The van der Waals surface area contributed by atoms with Gasteiger partial charge in [0.05, 0.1) is 26.0 Å². The second-order valence-corrected chi connectivity index (χ2v) is 6.76. The summed E-state index contributed by atoms with van der Waals surface area (Å²) in [6.07, 6.45) is 1.47. The van der Waals surface area contributed by atoms with Gasteiger partial charge in [0, 0.05) is 5.69 Å². The molecule has 170 valence electrons. The van der Waals surface area contributed by atoms with Crippen molar-refractivity contribution >= 4 is 23.9 Å². The van der Waals surface area contributed by atoms with Crippen molar-refractivity contribution in [2.45, 2.75) is 6.61 Å².